The van der Waals surface area contributed by atoms with Gasteiger partial charge in [0.15, 0.2) is 0 Å². The quantitative estimate of drug-likeness (QED) is 0.273. The van der Waals surface area contributed by atoms with Crippen LogP contribution in [0.15, 0.2) is 110 Å². The molecule has 3 heterocycles. The summed E-state index contributed by atoms with van der Waals surface area (Å²) >= 11 is 0. The highest BCUT2D eigenvalue weighted by molar-refractivity contribution is 5.87. The monoisotopic (exact) mass is 494 g/mol. The highest BCUT2D eigenvalue weighted by Gasteiger charge is 2.12. The number of fused-ring (bicyclic) bond motifs is 2. The molecule has 0 saturated carbocycles. The van der Waals surface area contributed by atoms with Crippen LogP contribution in [0.4, 0.5) is 0 Å². The van der Waals surface area contributed by atoms with E-state index in [0.717, 1.165) is 33.0 Å². The molecule has 3 aromatic heterocycles. The van der Waals surface area contributed by atoms with Crippen molar-refractivity contribution in [2.45, 2.75) is 12.5 Å². The maximum atomic E-state index is 6.47. The van der Waals surface area contributed by atoms with Gasteiger partial charge in [-0.25, -0.2) is 4.98 Å². The second-order valence-corrected chi connectivity index (χ2v) is 9.26. The fourth-order valence-corrected chi connectivity index (χ4v) is 4.59. The van der Waals surface area contributed by atoms with Crippen LogP contribution in [-0.4, -0.2) is 27.6 Å². The Hall–Kier alpha value is -4.92. The summed E-state index contributed by atoms with van der Waals surface area (Å²) in [5.41, 5.74) is 12.3. The minimum Gasteiger partial charge on any atom is -0.490 e. The van der Waals surface area contributed by atoms with E-state index in [-0.39, 0.29) is 6.04 Å². The van der Waals surface area contributed by atoms with Crippen molar-refractivity contribution < 1.29 is 4.74 Å². The molecule has 1 atom stereocenters. The van der Waals surface area contributed by atoms with E-state index in [1.807, 2.05) is 67.0 Å². The lowest BCUT2D eigenvalue weighted by atomic mass is 10.0. The van der Waals surface area contributed by atoms with Gasteiger partial charge in [-0.3, -0.25) is 4.98 Å². The fraction of sp³-hybridized carbons (Fsp3) is 0.0909. The second kappa shape index (κ2) is 10.6. The van der Waals surface area contributed by atoms with Crippen LogP contribution in [0.5, 0.6) is 5.75 Å². The smallest absolute Gasteiger partial charge is 0.138 e. The zero-order valence-corrected chi connectivity index (χ0v) is 20.8. The van der Waals surface area contributed by atoms with Gasteiger partial charge in [0.2, 0.25) is 0 Å². The normalized spacial score (nSPS) is 11.7. The van der Waals surface area contributed by atoms with Gasteiger partial charge in [0.1, 0.15) is 18.1 Å². The van der Waals surface area contributed by atoms with Crippen molar-refractivity contribution in [3.8, 4) is 28.7 Å². The maximum Gasteiger partial charge on any atom is 0.138 e. The molecule has 0 amide bonds. The number of para-hydroxylation sites is 1. The van der Waals surface area contributed by atoms with Crippen LogP contribution in [-0.2, 0) is 6.42 Å². The average Bonchev–Trinajstić information content (AvgIpc) is 3.38. The van der Waals surface area contributed by atoms with Crippen molar-refractivity contribution in [3.05, 3.63) is 127 Å². The SMILES string of the molecule is N[C@H](COc1cnc(C#Cc2ccccc2)c(-c2ccc3cnccc3c2)c1)Cc1c[nH]c2ccccc12. The molecule has 0 fully saturated rings. The molecule has 0 aliphatic carbocycles. The van der Waals surface area contributed by atoms with E-state index < -0.39 is 0 Å². The van der Waals surface area contributed by atoms with E-state index in [9.17, 15) is 0 Å². The Morgan fingerprint density at radius 1 is 0.868 bits per heavy atom. The zero-order chi connectivity index (χ0) is 25.7. The van der Waals surface area contributed by atoms with Gasteiger partial charge in [-0.1, -0.05) is 54.5 Å². The lowest BCUT2D eigenvalue weighted by molar-refractivity contribution is 0.287. The number of aromatic amines is 1. The summed E-state index contributed by atoms with van der Waals surface area (Å²) in [5, 5.41) is 3.38. The van der Waals surface area contributed by atoms with Crippen molar-refractivity contribution in [1.29, 1.82) is 0 Å². The number of rotatable bonds is 6. The Bertz CT molecular complexity index is 1780. The summed E-state index contributed by atoms with van der Waals surface area (Å²) in [6.07, 6.45) is 8.13. The molecule has 0 saturated heterocycles. The van der Waals surface area contributed by atoms with Crippen LogP contribution in [0.1, 0.15) is 16.8 Å². The van der Waals surface area contributed by atoms with Crippen LogP contribution < -0.4 is 10.5 Å². The second-order valence-electron chi connectivity index (χ2n) is 9.26. The summed E-state index contributed by atoms with van der Waals surface area (Å²) in [7, 11) is 0. The lowest BCUT2D eigenvalue weighted by Crippen LogP contribution is -2.30. The van der Waals surface area contributed by atoms with E-state index in [1.54, 1.807) is 12.4 Å². The van der Waals surface area contributed by atoms with Crippen molar-refractivity contribution >= 4 is 21.7 Å². The lowest BCUT2D eigenvalue weighted by Gasteiger charge is -2.14. The molecule has 0 aliphatic rings. The van der Waals surface area contributed by atoms with Gasteiger partial charge in [0, 0.05) is 52.0 Å². The Kier molecular flexibility index (Phi) is 6.55. The Labute approximate surface area is 221 Å². The first kappa shape index (κ1) is 23.5. The summed E-state index contributed by atoms with van der Waals surface area (Å²) in [5.74, 6) is 7.15. The molecule has 0 radical (unpaired) electrons. The third kappa shape index (κ3) is 5.12. The molecule has 3 N–H and O–H groups in total. The first-order valence-electron chi connectivity index (χ1n) is 12.6. The molecule has 0 spiro atoms. The standard InChI is InChI=1S/C33H26N4O/c34-28(17-27-20-36-32-9-5-4-8-30(27)32)22-38-29-18-31(25-11-12-26-19-35-15-14-24(26)16-25)33(37-21-29)13-10-23-6-2-1-3-7-23/h1-9,11-12,14-16,18-21,28,36H,17,22,34H2/t28-/m0/s1. The number of H-pyrrole nitrogens is 1. The number of pyridine rings is 2. The number of ether oxygens (including phenoxy) is 1. The summed E-state index contributed by atoms with van der Waals surface area (Å²) in [4.78, 5) is 12.2. The van der Waals surface area contributed by atoms with E-state index in [0.29, 0.717) is 24.5 Å². The Morgan fingerprint density at radius 2 is 1.74 bits per heavy atom. The maximum absolute atomic E-state index is 6.47. The number of hydrogen-bond donors (Lipinski definition) is 2. The van der Waals surface area contributed by atoms with E-state index in [2.05, 4.69) is 57.1 Å². The first-order valence-corrected chi connectivity index (χ1v) is 12.6. The molecule has 3 aromatic carbocycles. The molecule has 184 valence electrons. The molecule has 5 heteroatoms. The molecule has 6 rings (SSSR count). The van der Waals surface area contributed by atoms with Crippen LogP contribution in [0.2, 0.25) is 0 Å². The van der Waals surface area contributed by atoms with Crippen LogP contribution in [0, 0.1) is 11.8 Å². The molecular formula is C33H26N4O. The van der Waals surface area contributed by atoms with Crippen molar-refractivity contribution in [2.24, 2.45) is 5.73 Å². The largest absolute Gasteiger partial charge is 0.490 e. The number of benzene rings is 3. The summed E-state index contributed by atoms with van der Waals surface area (Å²) in [6, 6.07) is 28.3. The van der Waals surface area contributed by atoms with Crippen molar-refractivity contribution in [2.75, 3.05) is 6.61 Å². The van der Waals surface area contributed by atoms with Crippen molar-refractivity contribution in [1.82, 2.24) is 15.0 Å². The molecule has 0 bridgehead atoms. The number of nitrogens with one attached hydrogen (secondary N) is 1. The van der Waals surface area contributed by atoms with Crippen molar-refractivity contribution in [3.63, 3.8) is 0 Å². The van der Waals surface area contributed by atoms with Gasteiger partial charge in [0.05, 0.1) is 6.20 Å². The minimum absolute atomic E-state index is 0.164. The fourth-order valence-electron chi connectivity index (χ4n) is 4.59. The molecule has 38 heavy (non-hydrogen) atoms. The topological polar surface area (TPSA) is 76.8 Å². The number of nitrogens with two attached hydrogens (primary N) is 1. The van der Waals surface area contributed by atoms with E-state index >= 15 is 0 Å². The molecule has 0 unspecified atom stereocenters. The number of hydrogen-bond acceptors (Lipinski definition) is 4. The molecule has 6 aromatic rings. The van der Waals surface area contributed by atoms with E-state index in [1.165, 1.54) is 10.9 Å². The van der Waals surface area contributed by atoms with Crippen LogP contribution >= 0.6 is 0 Å². The van der Waals surface area contributed by atoms with Gasteiger partial charge >= 0.3 is 0 Å². The number of nitrogens with zero attached hydrogens (tertiary/aromatic N) is 2. The molecular weight excluding hydrogens is 468 g/mol. The third-order valence-electron chi connectivity index (χ3n) is 6.53. The van der Waals surface area contributed by atoms with Gasteiger partial charge in [-0.05, 0) is 65.3 Å². The number of aromatic nitrogens is 3. The highest BCUT2D eigenvalue weighted by atomic mass is 16.5. The summed E-state index contributed by atoms with van der Waals surface area (Å²) < 4.78 is 6.14. The van der Waals surface area contributed by atoms with Gasteiger partial charge in [0.25, 0.3) is 0 Å². The van der Waals surface area contributed by atoms with Crippen LogP contribution in [0.25, 0.3) is 32.8 Å². The summed E-state index contributed by atoms with van der Waals surface area (Å²) in [6.45, 7) is 0.374. The first-order chi connectivity index (χ1) is 18.7. The highest BCUT2D eigenvalue weighted by Crippen LogP contribution is 2.29. The average molecular weight is 495 g/mol. The van der Waals surface area contributed by atoms with Gasteiger partial charge < -0.3 is 15.5 Å². The zero-order valence-electron chi connectivity index (χ0n) is 20.8. The Balaban J connectivity index is 1.27. The predicted octanol–water partition coefficient (Wildman–Crippen LogP) is 6.13. The van der Waals surface area contributed by atoms with Gasteiger partial charge in [-0.15, -0.1) is 0 Å². The Morgan fingerprint density at radius 3 is 2.66 bits per heavy atom. The van der Waals surface area contributed by atoms with Gasteiger partial charge in [-0.2, -0.15) is 0 Å². The molecule has 0 aliphatic heterocycles. The minimum atomic E-state index is -0.164. The van der Waals surface area contributed by atoms with Crippen LogP contribution in [0.3, 0.4) is 0 Å². The predicted molar refractivity (Wildman–Crippen MR) is 153 cm³/mol. The van der Waals surface area contributed by atoms with E-state index in [4.69, 9.17) is 10.5 Å². The third-order valence-corrected chi connectivity index (χ3v) is 6.53. The molecule has 5 nitrogen and oxygen atoms in total.